The van der Waals surface area contributed by atoms with E-state index in [9.17, 15) is 5.11 Å². The number of fused-ring (bicyclic) bond motifs is 1. The Bertz CT molecular complexity index is 737. The molecule has 0 bridgehead atoms. The van der Waals surface area contributed by atoms with Crippen LogP contribution in [0.1, 0.15) is 12.5 Å². The molecule has 0 atom stereocenters. The predicted molar refractivity (Wildman–Crippen MR) is 75.5 cm³/mol. The van der Waals surface area contributed by atoms with Crippen LogP contribution in [0.15, 0.2) is 42.7 Å². The molecule has 102 valence electrons. The van der Waals surface area contributed by atoms with Crippen LogP contribution in [0.3, 0.4) is 0 Å². The molecule has 3 rings (SSSR count). The number of aromatic nitrogens is 3. The van der Waals surface area contributed by atoms with E-state index in [-0.39, 0.29) is 6.61 Å². The molecule has 0 aliphatic carbocycles. The summed E-state index contributed by atoms with van der Waals surface area (Å²) in [6.07, 6.45) is 3.51. The van der Waals surface area contributed by atoms with Crippen molar-refractivity contribution in [3.05, 3.63) is 48.3 Å². The molecule has 20 heavy (non-hydrogen) atoms. The fourth-order valence-electron chi connectivity index (χ4n) is 2.21. The maximum atomic E-state index is 9.61. The van der Waals surface area contributed by atoms with E-state index >= 15 is 0 Å². The SMILES string of the molecule is CCOc1cccc(-c2nn3cccnc3c2CO)c1. The van der Waals surface area contributed by atoms with Gasteiger partial charge < -0.3 is 9.84 Å². The lowest BCUT2D eigenvalue weighted by atomic mass is 10.1. The summed E-state index contributed by atoms with van der Waals surface area (Å²) in [6.45, 7) is 2.46. The molecule has 1 aromatic carbocycles. The van der Waals surface area contributed by atoms with Crippen molar-refractivity contribution in [1.29, 1.82) is 0 Å². The number of aliphatic hydroxyl groups is 1. The van der Waals surface area contributed by atoms with Crippen LogP contribution in [0.5, 0.6) is 5.75 Å². The first-order chi connectivity index (χ1) is 9.83. The molecule has 0 spiro atoms. The van der Waals surface area contributed by atoms with Crippen molar-refractivity contribution in [2.75, 3.05) is 6.61 Å². The zero-order chi connectivity index (χ0) is 13.9. The second-order valence-corrected chi connectivity index (χ2v) is 4.33. The molecule has 0 unspecified atom stereocenters. The molecular weight excluding hydrogens is 254 g/mol. The second-order valence-electron chi connectivity index (χ2n) is 4.33. The third-order valence-electron chi connectivity index (χ3n) is 3.07. The number of benzene rings is 1. The van der Waals surface area contributed by atoms with Crippen LogP contribution in [-0.4, -0.2) is 26.3 Å². The maximum absolute atomic E-state index is 9.61. The number of rotatable bonds is 4. The molecule has 0 amide bonds. The fraction of sp³-hybridized carbons (Fsp3) is 0.200. The molecule has 0 fully saturated rings. The molecule has 5 nitrogen and oxygen atoms in total. The van der Waals surface area contributed by atoms with Crippen molar-refractivity contribution in [3.63, 3.8) is 0 Å². The zero-order valence-corrected chi connectivity index (χ0v) is 11.2. The number of hydrogen-bond acceptors (Lipinski definition) is 4. The van der Waals surface area contributed by atoms with Gasteiger partial charge in [-0.1, -0.05) is 12.1 Å². The number of aliphatic hydroxyl groups excluding tert-OH is 1. The fourth-order valence-corrected chi connectivity index (χ4v) is 2.21. The highest BCUT2D eigenvalue weighted by Crippen LogP contribution is 2.27. The van der Waals surface area contributed by atoms with Gasteiger partial charge in [0.05, 0.1) is 18.8 Å². The van der Waals surface area contributed by atoms with E-state index in [1.807, 2.05) is 43.5 Å². The smallest absolute Gasteiger partial charge is 0.161 e. The Balaban J connectivity index is 2.16. The van der Waals surface area contributed by atoms with Crippen LogP contribution in [0, 0.1) is 0 Å². The van der Waals surface area contributed by atoms with Gasteiger partial charge in [0, 0.05) is 18.0 Å². The molecule has 0 aliphatic rings. The first-order valence-corrected chi connectivity index (χ1v) is 6.49. The molecular formula is C15H15N3O2. The average Bonchev–Trinajstić information content (AvgIpc) is 2.86. The molecule has 5 heteroatoms. The largest absolute Gasteiger partial charge is 0.494 e. The Morgan fingerprint density at radius 1 is 1.30 bits per heavy atom. The standard InChI is InChI=1S/C15H15N3O2/c1-2-20-12-6-3-5-11(9-12)14-13(10-19)15-16-7-4-8-18(15)17-14/h3-9,19H,2,10H2,1H3. The van der Waals surface area contributed by atoms with Crippen LogP contribution in [0.2, 0.25) is 0 Å². The Morgan fingerprint density at radius 2 is 2.20 bits per heavy atom. The molecule has 3 aromatic rings. The van der Waals surface area contributed by atoms with E-state index in [1.165, 1.54) is 0 Å². The predicted octanol–water partition coefficient (Wildman–Crippen LogP) is 2.29. The lowest BCUT2D eigenvalue weighted by Crippen LogP contribution is -1.92. The van der Waals surface area contributed by atoms with Crippen molar-refractivity contribution >= 4 is 5.65 Å². The summed E-state index contributed by atoms with van der Waals surface area (Å²) >= 11 is 0. The van der Waals surface area contributed by atoms with Gasteiger partial charge in [-0.15, -0.1) is 0 Å². The maximum Gasteiger partial charge on any atom is 0.161 e. The van der Waals surface area contributed by atoms with Crippen molar-refractivity contribution in [2.24, 2.45) is 0 Å². The summed E-state index contributed by atoms with van der Waals surface area (Å²) in [5.41, 5.74) is 3.03. The van der Waals surface area contributed by atoms with Gasteiger partial charge in [0.25, 0.3) is 0 Å². The molecule has 0 radical (unpaired) electrons. The highest BCUT2D eigenvalue weighted by atomic mass is 16.5. The minimum atomic E-state index is -0.102. The van der Waals surface area contributed by atoms with Crippen molar-refractivity contribution < 1.29 is 9.84 Å². The van der Waals surface area contributed by atoms with E-state index in [4.69, 9.17) is 4.74 Å². The van der Waals surface area contributed by atoms with E-state index in [2.05, 4.69) is 10.1 Å². The molecule has 1 N–H and O–H groups in total. The Morgan fingerprint density at radius 3 is 3.00 bits per heavy atom. The topological polar surface area (TPSA) is 59.7 Å². The molecule has 0 saturated carbocycles. The minimum absolute atomic E-state index is 0.102. The summed E-state index contributed by atoms with van der Waals surface area (Å²) in [5, 5.41) is 14.1. The number of hydrogen-bond donors (Lipinski definition) is 1. The van der Waals surface area contributed by atoms with Crippen LogP contribution in [-0.2, 0) is 6.61 Å². The van der Waals surface area contributed by atoms with Gasteiger partial charge in [0.1, 0.15) is 11.4 Å². The quantitative estimate of drug-likeness (QED) is 0.789. The van der Waals surface area contributed by atoms with Gasteiger partial charge in [-0.25, -0.2) is 9.50 Å². The van der Waals surface area contributed by atoms with Crippen LogP contribution < -0.4 is 4.74 Å². The van der Waals surface area contributed by atoms with Crippen molar-refractivity contribution in [3.8, 4) is 17.0 Å². The van der Waals surface area contributed by atoms with Crippen LogP contribution >= 0.6 is 0 Å². The average molecular weight is 269 g/mol. The summed E-state index contributed by atoms with van der Waals surface area (Å²) in [4.78, 5) is 4.27. The first-order valence-electron chi connectivity index (χ1n) is 6.49. The highest BCUT2D eigenvalue weighted by molar-refractivity contribution is 5.71. The number of ether oxygens (including phenoxy) is 1. The van der Waals surface area contributed by atoms with Gasteiger partial charge in [-0.3, -0.25) is 0 Å². The highest BCUT2D eigenvalue weighted by Gasteiger charge is 2.14. The molecule has 2 aromatic heterocycles. The van der Waals surface area contributed by atoms with Gasteiger partial charge in [0.15, 0.2) is 5.65 Å². The van der Waals surface area contributed by atoms with Crippen molar-refractivity contribution in [2.45, 2.75) is 13.5 Å². The van der Waals surface area contributed by atoms with Crippen molar-refractivity contribution in [1.82, 2.24) is 14.6 Å². The van der Waals surface area contributed by atoms with Crippen LogP contribution in [0.4, 0.5) is 0 Å². The number of nitrogens with zero attached hydrogens (tertiary/aromatic N) is 3. The van der Waals surface area contributed by atoms with Gasteiger partial charge in [-0.2, -0.15) is 5.10 Å². The Hall–Kier alpha value is -2.40. The zero-order valence-electron chi connectivity index (χ0n) is 11.2. The second kappa shape index (κ2) is 5.30. The van der Waals surface area contributed by atoms with E-state index in [0.717, 1.165) is 22.6 Å². The molecule has 0 saturated heterocycles. The van der Waals surface area contributed by atoms with Gasteiger partial charge in [0.2, 0.25) is 0 Å². The summed E-state index contributed by atoms with van der Waals surface area (Å²) < 4.78 is 7.18. The summed E-state index contributed by atoms with van der Waals surface area (Å²) in [6, 6.07) is 9.49. The monoisotopic (exact) mass is 269 g/mol. The minimum Gasteiger partial charge on any atom is -0.494 e. The third kappa shape index (κ3) is 2.12. The van der Waals surface area contributed by atoms with E-state index in [0.29, 0.717) is 12.3 Å². The third-order valence-corrected chi connectivity index (χ3v) is 3.07. The Labute approximate surface area is 116 Å². The lowest BCUT2D eigenvalue weighted by molar-refractivity contribution is 0.283. The molecule has 0 aliphatic heterocycles. The molecule has 2 heterocycles. The van der Waals surface area contributed by atoms with Gasteiger partial charge >= 0.3 is 0 Å². The first kappa shape index (κ1) is 12.6. The van der Waals surface area contributed by atoms with E-state index in [1.54, 1.807) is 10.7 Å². The lowest BCUT2D eigenvalue weighted by Gasteiger charge is -2.05. The summed E-state index contributed by atoms with van der Waals surface area (Å²) in [5.74, 6) is 0.791. The summed E-state index contributed by atoms with van der Waals surface area (Å²) in [7, 11) is 0. The van der Waals surface area contributed by atoms with E-state index < -0.39 is 0 Å². The van der Waals surface area contributed by atoms with Crippen LogP contribution in [0.25, 0.3) is 16.9 Å². The van der Waals surface area contributed by atoms with Gasteiger partial charge in [-0.05, 0) is 25.1 Å². The normalized spacial score (nSPS) is 10.9. The Kier molecular flexibility index (Phi) is 3.35.